The summed E-state index contributed by atoms with van der Waals surface area (Å²) in [6, 6.07) is 71.9. The minimum absolute atomic E-state index is 0.0161. The number of hydrogen-bond acceptors (Lipinski definition) is 20. The molecule has 5 atom stereocenters. The molecular weight excluding hydrogens is 1910 g/mol. The number of thiocarbonyl (C=S) groups is 1. The SMILES string of the molecule is C1=C(CCNc2ccc(Nc3ccncc3)cc2)c2ccccc2C1.CN1CCC[C@H](NC(=O)c2sc(-c3cccc(F)c3)cc2NC(N)=O)C1.C[C@@H]1CN(CC(=O)Nc2ccc3c(c2)Cc2cccc(-c4cc(=O)cc(N5CCOCC5)o4)c2S3)C[C@H](C)O1.C[C@]1(c2nc3c(C(N)=O)cccc3[nH]2)CCCN1.Cc1cc(NC(=S)NC(NC(=O)C(c2ccccc2)c2ccccc2)C(Cl)(Cl)Cl)ccc1F. The molecular formula is C107H112Cl3F2N17O9S3. The number of pyridine rings is 1. The number of benzene rings is 9. The number of morpholine rings is 2. The molecule has 0 spiro atoms. The fraction of sp³-hybridized carbons (Fsp3) is 0.280. The Morgan fingerprint density at radius 2 is 1.37 bits per heavy atom. The number of aromatic amines is 1. The summed E-state index contributed by atoms with van der Waals surface area (Å²) in [6.07, 6.45) is 12.0. The molecule has 34 heteroatoms. The Bertz CT molecular complexity index is 6620. The first kappa shape index (κ1) is 102. The lowest BCUT2D eigenvalue weighted by Crippen LogP contribution is -2.57. The van der Waals surface area contributed by atoms with Crippen LogP contribution in [0.5, 0.6) is 0 Å². The molecule has 9 heterocycles. The van der Waals surface area contributed by atoms with Gasteiger partial charge in [-0.3, -0.25) is 33.9 Å². The van der Waals surface area contributed by atoms with Crippen molar-refractivity contribution in [2.24, 2.45) is 11.5 Å². The monoisotopic (exact) mass is 2020 g/mol. The molecule has 0 saturated carbocycles. The van der Waals surface area contributed by atoms with E-state index in [1.165, 1.54) is 63.4 Å². The van der Waals surface area contributed by atoms with Gasteiger partial charge >= 0.3 is 6.03 Å². The predicted molar refractivity (Wildman–Crippen MR) is 565 cm³/mol. The highest BCUT2D eigenvalue weighted by Gasteiger charge is 2.38. The van der Waals surface area contributed by atoms with Gasteiger partial charge in [0.25, 0.3) is 11.8 Å². The minimum Gasteiger partial charge on any atom is -0.440 e. The number of hydrogen-bond donors (Lipinski definition) is 12. The van der Waals surface area contributed by atoms with Gasteiger partial charge in [0.1, 0.15) is 39.8 Å². The van der Waals surface area contributed by atoms with Crippen LogP contribution in [0.1, 0.15) is 124 Å². The molecule has 14 N–H and O–H groups in total. The number of nitrogens with two attached hydrogens (primary N) is 2. The number of nitrogens with zero attached hydrogens (tertiary/aromatic N) is 5. The lowest BCUT2D eigenvalue weighted by Gasteiger charge is -2.34. The van der Waals surface area contributed by atoms with Crippen LogP contribution in [-0.2, 0) is 37.4 Å². The van der Waals surface area contributed by atoms with E-state index >= 15 is 0 Å². The number of fused-ring (bicyclic) bond motifs is 4. The molecule has 26 nitrogen and oxygen atoms in total. The number of piperidine rings is 1. The van der Waals surface area contributed by atoms with Gasteiger partial charge < -0.3 is 88.0 Å². The van der Waals surface area contributed by atoms with Crippen LogP contribution in [0.2, 0.25) is 0 Å². The molecule has 6 aliphatic rings. The number of likely N-dealkylation sites (N-methyl/N-ethyl adjacent to an activating group) is 1. The number of H-pyrrole nitrogens is 1. The first-order valence-electron chi connectivity index (χ1n) is 46.6. The van der Waals surface area contributed by atoms with Crippen LogP contribution in [0.15, 0.2) is 274 Å². The zero-order valence-corrected chi connectivity index (χ0v) is 83.3. The summed E-state index contributed by atoms with van der Waals surface area (Å²) >= 11 is 26.6. The molecule has 1 aliphatic carbocycles. The summed E-state index contributed by atoms with van der Waals surface area (Å²) in [6.45, 7) is 16.1. The van der Waals surface area contributed by atoms with Crippen molar-refractivity contribution in [1.29, 1.82) is 0 Å². The number of aryl methyl sites for hydroxylation is 1. The number of halogens is 5. The highest BCUT2D eigenvalue weighted by Crippen LogP contribution is 2.46. The van der Waals surface area contributed by atoms with Gasteiger partial charge in [0.15, 0.2) is 16.4 Å². The van der Waals surface area contributed by atoms with E-state index in [-0.39, 0.29) is 63.7 Å². The van der Waals surface area contributed by atoms with Crippen LogP contribution < -0.4 is 69.6 Å². The van der Waals surface area contributed by atoms with E-state index in [0.717, 1.165) is 145 Å². The number of nitrogens with one attached hydrogen (secondary N) is 10. The number of para-hydroxylation sites is 1. The van der Waals surface area contributed by atoms with Gasteiger partial charge in [-0.15, -0.1) is 11.3 Å². The largest absolute Gasteiger partial charge is 0.440 e. The van der Waals surface area contributed by atoms with Crippen molar-refractivity contribution in [3.63, 3.8) is 0 Å². The predicted octanol–water partition coefficient (Wildman–Crippen LogP) is 19.7. The van der Waals surface area contributed by atoms with Crippen molar-refractivity contribution < 1.29 is 46.6 Å². The van der Waals surface area contributed by atoms with Crippen LogP contribution in [0, 0.1) is 18.6 Å². The van der Waals surface area contributed by atoms with E-state index in [1.807, 2.05) is 124 Å². The molecule has 141 heavy (non-hydrogen) atoms. The number of likely N-dealkylation sites (tertiary alicyclic amines) is 1. The number of anilines is 7. The smallest absolute Gasteiger partial charge is 0.316 e. The highest BCUT2D eigenvalue weighted by molar-refractivity contribution is 7.99. The summed E-state index contributed by atoms with van der Waals surface area (Å²) in [5, 5.41) is 27.5. The molecule has 4 aromatic heterocycles. The Morgan fingerprint density at radius 1 is 0.695 bits per heavy atom. The molecule has 13 aromatic rings. The standard InChI is InChI=1S/C30H33N3O5S.C24H21Cl3FN3OS.C22H21N3.C18H21FN4O2S.C13H16N4O/c1-19-16-32(17-20(2)37-19)18-28(35)31-23-6-7-27-22(13-23)12-21-4-3-5-25(30(21)39-27)26-14-24(34)15-29(38-26)33-8-10-36-11-9-33;1-15-14-18(12-13-19(15)28)29-23(33)31-22(24(25,26)27)30-21(32)20(16-8-4-2-5-9-16)17-10-6-3-7-11-17;1-2-4-22-17(3-1)5-6-18(22)11-16-24-19-7-9-20(10-8-19)25-21-12-14-23-15-13-21;1-23-7-3-6-13(10-23)21-17(24)16-14(22-18(20)25)9-15(26-16)11-4-2-5-12(19)8-11;1-13(6-3-7-15-13)12-16-9-5-2-4-8(11(14)18)10(9)17-12/h3-7,13-15,19-20H,8-12,16-18H2,1-2H3,(H,31,35);2-14,20,22H,1H3,(H,30,32)(H2,29,31,33);1-4,6-10,12-15,24H,5,11,16H2,(H,23,25);2,4-5,8-9,13H,3,6-7,10H2,1H3,(H,21,24)(H3,20,22,25);2,4-5,15H,3,6-7H2,1H3,(H2,14,18)(H,16,17)/t19-,20+;;;2*13-/m...01/s1. The van der Waals surface area contributed by atoms with Crippen LogP contribution in [0.3, 0.4) is 0 Å². The highest BCUT2D eigenvalue weighted by atomic mass is 35.6. The van der Waals surface area contributed by atoms with E-state index in [4.69, 9.17) is 72.4 Å². The number of allylic oxidation sites excluding steroid dienone is 1. The second kappa shape index (κ2) is 48.1. The van der Waals surface area contributed by atoms with Crippen molar-refractivity contribution in [2.75, 3.05) is 111 Å². The topological polar surface area (TPSA) is 346 Å². The van der Waals surface area contributed by atoms with Gasteiger partial charge in [0, 0.05) is 119 Å². The van der Waals surface area contributed by atoms with Gasteiger partial charge in [0.2, 0.25) is 15.6 Å². The Morgan fingerprint density at radius 3 is 2.06 bits per heavy atom. The van der Waals surface area contributed by atoms with Crippen molar-refractivity contribution >= 4 is 162 Å². The number of alkyl halides is 3. The number of urea groups is 1. The third kappa shape index (κ3) is 28.1. The van der Waals surface area contributed by atoms with Gasteiger partial charge in [0.05, 0.1) is 60.2 Å². The normalized spacial score (nSPS) is 17.2. The zero-order chi connectivity index (χ0) is 99.3. The summed E-state index contributed by atoms with van der Waals surface area (Å²) < 4.78 is 42.6. The molecule has 732 valence electrons. The lowest BCUT2D eigenvalue weighted by atomic mass is 9.90. The van der Waals surface area contributed by atoms with E-state index in [0.29, 0.717) is 87.8 Å². The summed E-state index contributed by atoms with van der Waals surface area (Å²) in [5.41, 5.74) is 27.6. The minimum atomic E-state index is -1.92. The van der Waals surface area contributed by atoms with E-state index in [9.17, 15) is 37.5 Å². The first-order chi connectivity index (χ1) is 68.0. The first-order valence-corrected chi connectivity index (χ1v) is 49.8. The number of rotatable bonds is 23. The maximum Gasteiger partial charge on any atom is 0.316 e. The molecule has 0 radical (unpaired) electrons. The molecule has 4 fully saturated rings. The summed E-state index contributed by atoms with van der Waals surface area (Å²) in [5.74, 6) is -0.392. The van der Waals surface area contributed by atoms with Crippen molar-refractivity contribution in [3.8, 4) is 21.8 Å². The average Bonchev–Trinajstić information content (AvgIpc) is 1.47. The van der Waals surface area contributed by atoms with E-state index < -0.39 is 27.8 Å². The maximum atomic E-state index is 13.5. The van der Waals surface area contributed by atoms with Crippen LogP contribution in [0.4, 0.5) is 53.6 Å². The average molecular weight is 2020 g/mol. The fourth-order valence-corrected chi connectivity index (χ4v) is 20.5. The van der Waals surface area contributed by atoms with Crippen molar-refractivity contribution in [1.82, 2.24) is 46.0 Å². The van der Waals surface area contributed by atoms with E-state index in [2.05, 4.69) is 157 Å². The molecule has 0 bridgehead atoms. The number of carbonyl (C=O) groups is 5. The van der Waals surface area contributed by atoms with Gasteiger partial charge in [-0.2, -0.15) is 0 Å². The van der Waals surface area contributed by atoms with Gasteiger partial charge in [-0.25, -0.2) is 18.6 Å². The lowest BCUT2D eigenvalue weighted by molar-refractivity contribution is -0.123. The molecule has 9 aromatic carbocycles. The van der Waals surface area contributed by atoms with Crippen molar-refractivity contribution in [3.05, 3.63) is 332 Å². The van der Waals surface area contributed by atoms with E-state index in [1.54, 1.807) is 73.5 Å². The maximum absolute atomic E-state index is 13.5. The third-order valence-corrected chi connectivity index (χ3v) is 27.9. The zero-order valence-electron chi connectivity index (χ0n) is 78.5. The Kier molecular flexibility index (Phi) is 34.9. The summed E-state index contributed by atoms with van der Waals surface area (Å²) in [7, 11) is 2.02. The Labute approximate surface area is 846 Å². The summed E-state index contributed by atoms with van der Waals surface area (Å²) in [4.78, 5) is 95.7. The van der Waals surface area contributed by atoms with Crippen LogP contribution in [-0.4, -0.2) is 167 Å². The molecule has 5 aliphatic heterocycles. The molecule has 4 saturated heterocycles. The number of thiophene rings is 1. The van der Waals surface area contributed by atoms with Crippen molar-refractivity contribution in [2.45, 2.75) is 122 Å². The second-order valence-corrected chi connectivity index (χ2v) is 40.3. The van der Waals surface area contributed by atoms with Crippen LogP contribution in [0.25, 0.3) is 38.4 Å². The number of primary amides is 2. The Hall–Kier alpha value is -12.9. The van der Waals surface area contributed by atoms with Crippen LogP contribution >= 0.6 is 70.1 Å². The molecule has 1 unspecified atom stereocenters. The van der Waals surface area contributed by atoms with Gasteiger partial charge in [-0.1, -0.05) is 174 Å². The third-order valence-electron chi connectivity index (χ3n) is 24.5. The fourth-order valence-electron chi connectivity index (χ4n) is 17.7. The Balaban J connectivity index is 0.000000136. The number of aromatic nitrogens is 3. The number of carbonyl (C=O) groups excluding carboxylic acids is 5. The molecule has 19 rings (SSSR count). The number of imidazole rings is 1. The quantitative estimate of drug-likeness (QED) is 0.0161. The second-order valence-electron chi connectivity index (χ2n) is 35.4. The number of amides is 6. The number of ether oxygens (including phenoxy) is 2. The molecule has 6 amide bonds. The van der Waals surface area contributed by atoms with Gasteiger partial charge in [-0.05, 0) is 258 Å².